The topological polar surface area (TPSA) is 70.1 Å². The molecule has 1 unspecified atom stereocenters. The Hall–Kier alpha value is -2.90. The maximum absolute atomic E-state index is 14.2. The first-order valence-corrected chi connectivity index (χ1v) is 11.8. The predicted octanol–water partition coefficient (Wildman–Crippen LogP) is 5.11. The number of halogens is 2. The smallest absolute Gasteiger partial charge is 0.295 e. The van der Waals surface area contributed by atoms with Crippen molar-refractivity contribution >= 4 is 29.9 Å². The van der Waals surface area contributed by atoms with Crippen molar-refractivity contribution in [2.75, 3.05) is 32.8 Å². The van der Waals surface area contributed by atoms with Crippen molar-refractivity contribution in [3.05, 3.63) is 70.5 Å². The van der Waals surface area contributed by atoms with Gasteiger partial charge in [-0.05, 0) is 55.8 Å². The Kier molecular flexibility index (Phi) is 10.3. The minimum atomic E-state index is -0.778. The summed E-state index contributed by atoms with van der Waals surface area (Å²) in [5.41, 5.74) is 1.24. The molecule has 1 aliphatic heterocycles. The molecular weight excluding hydrogens is 471 g/mol. The second kappa shape index (κ2) is 12.7. The van der Waals surface area contributed by atoms with E-state index in [0.29, 0.717) is 36.6 Å². The Bertz CT molecular complexity index is 1070. The van der Waals surface area contributed by atoms with Crippen LogP contribution >= 0.6 is 12.4 Å². The van der Waals surface area contributed by atoms with E-state index in [1.54, 1.807) is 37.3 Å². The van der Waals surface area contributed by atoms with Crippen molar-refractivity contribution in [3.8, 4) is 5.75 Å². The first-order valence-electron chi connectivity index (χ1n) is 11.8. The number of aliphatic hydroxyl groups excluding tert-OH is 1. The van der Waals surface area contributed by atoms with Gasteiger partial charge in [0.05, 0.1) is 18.2 Å². The molecule has 6 nitrogen and oxygen atoms in total. The number of hydrogen-bond acceptors (Lipinski definition) is 5. The lowest BCUT2D eigenvalue weighted by Gasteiger charge is -2.28. The van der Waals surface area contributed by atoms with Gasteiger partial charge in [0.15, 0.2) is 0 Å². The third kappa shape index (κ3) is 6.21. The van der Waals surface area contributed by atoms with E-state index in [9.17, 15) is 19.1 Å². The van der Waals surface area contributed by atoms with Crippen molar-refractivity contribution in [1.82, 2.24) is 9.80 Å². The van der Waals surface area contributed by atoms with Gasteiger partial charge in [-0.3, -0.25) is 9.59 Å². The maximum Gasteiger partial charge on any atom is 0.295 e. The van der Waals surface area contributed by atoms with Crippen LogP contribution in [0.5, 0.6) is 5.75 Å². The largest absolute Gasteiger partial charge is 0.507 e. The number of likely N-dealkylation sites (tertiary alicyclic amines) is 1. The lowest BCUT2D eigenvalue weighted by molar-refractivity contribution is -0.140. The average molecular weight is 505 g/mol. The molecule has 0 saturated carbocycles. The maximum atomic E-state index is 14.2. The zero-order chi connectivity index (χ0) is 24.8. The summed E-state index contributed by atoms with van der Waals surface area (Å²) in [5, 5.41) is 11.1. The third-order valence-corrected chi connectivity index (χ3v) is 6.21. The third-order valence-electron chi connectivity index (χ3n) is 6.21. The minimum absolute atomic E-state index is 0. The van der Waals surface area contributed by atoms with E-state index in [1.165, 1.54) is 17.0 Å². The fourth-order valence-corrected chi connectivity index (χ4v) is 4.11. The van der Waals surface area contributed by atoms with Crippen molar-refractivity contribution < 1.29 is 23.8 Å². The molecule has 2 aromatic carbocycles. The highest BCUT2D eigenvalue weighted by Gasteiger charge is 2.46. The van der Waals surface area contributed by atoms with Crippen LogP contribution in [0.25, 0.3) is 5.76 Å². The number of carbonyl (C=O) groups is 2. The summed E-state index contributed by atoms with van der Waals surface area (Å²) in [7, 11) is 0. The highest BCUT2D eigenvalue weighted by molar-refractivity contribution is 6.46. The zero-order valence-corrected chi connectivity index (χ0v) is 21.5. The van der Waals surface area contributed by atoms with Crippen LogP contribution in [0, 0.1) is 12.7 Å². The first kappa shape index (κ1) is 28.3. The molecule has 35 heavy (non-hydrogen) atoms. The standard InChI is InChI=1S/C27H33FN2O4.ClH/c1-5-16-34-21-12-10-19(11-13-21)24-23(25(31)20-9-8-18(4)22(28)17-20)26(32)27(33)30(24)15-14-29(6-2)7-3;/h8-13,17,24,31H,5-7,14-16H2,1-4H3;1H/b25-23+;. The minimum Gasteiger partial charge on any atom is -0.507 e. The van der Waals surface area contributed by atoms with Crippen LogP contribution in [0.15, 0.2) is 48.0 Å². The summed E-state index contributed by atoms with van der Waals surface area (Å²) in [4.78, 5) is 29.8. The van der Waals surface area contributed by atoms with Gasteiger partial charge in [0.1, 0.15) is 17.3 Å². The molecule has 2 aromatic rings. The number of carbonyl (C=O) groups excluding carboxylic acids is 2. The number of aliphatic hydroxyl groups is 1. The van der Waals surface area contributed by atoms with Gasteiger partial charge in [0.25, 0.3) is 11.7 Å². The summed E-state index contributed by atoms with van der Waals surface area (Å²) in [6.45, 7) is 10.8. The van der Waals surface area contributed by atoms with Crippen molar-refractivity contribution in [2.24, 2.45) is 0 Å². The van der Waals surface area contributed by atoms with Gasteiger partial charge in [-0.25, -0.2) is 4.39 Å². The van der Waals surface area contributed by atoms with Gasteiger partial charge in [-0.1, -0.05) is 45.0 Å². The number of hydrogen-bond donors (Lipinski definition) is 1. The molecule has 3 rings (SSSR count). The second-order valence-corrected chi connectivity index (χ2v) is 8.40. The van der Waals surface area contributed by atoms with E-state index in [1.807, 2.05) is 20.8 Å². The molecule has 0 bridgehead atoms. The molecule has 1 atom stereocenters. The molecule has 8 heteroatoms. The van der Waals surface area contributed by atoms with Gasteiger partial charge >= 0.3 is 0 Å². The zero-order valence-electron chi connectivity index (χ0n) is 20.7. The van der Waals surface area contributed by atoms with Gasteiger partial charge < -0.3 is 19.6 Å². The van der Waals surface area contributed by atoms with Crippen LogP contribution in [-0.2, 0) is 9.59 Å². The SMILES string of the molecule is CCCOc1ccc(C2/C(=C(\O)c3ccc(C)c(F)c3)C(=O)C(=O)N2CCN(CC)CC)cc1.Cl. The fraction of sp³-hybridized carbons (Fsp3) is 0.407. The number of likely N-dealkylation sites (N-methyl/N-ethyl adjacent to an activating group) is 1. The van der Waals surface area contributed by atoms with E-state index in [2.05, 4.69) is 4.90 Å². The number of nitrogens with zero attached hydrogens (tertiary/aromatic N) is 2. The molecule has 1 fully saturated rings. The van der Waals surface area contributed by atoms with Crippen LogP contribution in [0.1, 0.15) is 49.9 Å². The monoisotopic (exact) mass is 504 g/mol. The van der Waals surface area contributed by atoms with E-state index in [-0.39, 0.29) is 29.3 Å². The summed E-state index contributed by atoms with van der Waals surface area (Å²) >= 11 is 0. The molecule has 0 spiro atoms. The van der Waals surface area contributed by atoms with Crippen LogP contribution < -0.4 is 4.74 Å². The molecule has 1 aliphatic rings. The number of benzene rings is 2. The molecule has 190 valence electrons. The van der Waals surface area contributed by atoms with Crippen LogP contribution in [-0.4, -0.2) is 59.4 Å². The second-order valence-electron chi connectivity index (χ2n) is 8.40. The Morgan fingerprint density at radius 2 is 1.74 bits per heavy atom. The van der Waals surface area contributed by atoms with E-state index in [4.69, 9.17) is 4.74 Å². The number of ether oxygens (including phenoxy) is 1. The van der Waals surface area contributed by atoms with E-state index in [0.717, 1.165) is 19.5 Å². The first-order chi connectivity index (χ1) is 16.3. The fourth-order valence-electron chi connectivity index (χ4n) is 4.11. The molecule has 1 N–H and O–H groups in total. The predicted molar refractivity (Wildman–Crippen MR) is 137 cm³/mol. The van der Waals surface area contributed by atoms with Crippen LogP contribution in [0.3, 0.4) is 0 Å². The Morgan fingerprint density at radius 1 is 1.09 bits per heavy atom. The lowest BCUT2D eigenvalue weighted by atomic mass is 9.95. The highest BCUT2D eigenvalue weighted by atomic mass is 35.5. The molecular formula is C27H34ClFN2O4. The molecule has 0 radical (unpaired) electrons. The van der Waals surface area contributed by atoms with Crippen molar-refractivity contribution in [3.63, 3.8) is 0 Å². The van der Waals surface area contributed by atoms with Crippen molar-refractivity contribution in [2.45, 2.75) is 40.2 Å². The molecule has 1 amide bonds. The molecule has 0 aromatic heterocycles. The number of amides is 1. The Balaban J connectivity index is 0.00000432. The van der Waals surface area contributed by atoms with E-state index >= 15 is 0 Å². The lowest BCUT2D eigenvalue weighted by Crippen LogP contribution is -2.38. The molecule has 0 aliphatic carbocycles. The summed E-state index contributed by atoms with van der Waals surface area (Å²) in [5.74, 6) is -1.62. The van der Waals surface area contributed by atoms with Crippen molar-refractivity contribution in [1.29, 1.82) is 0 Å². The summed E-state index contributed by atoms with van der Waals surface area (Å²) in [6.07, 6.45) is 0.875. The van der Waals surface area contributed by atoms with Gasteiger partial charge in [0, 0.05) is 18.7 Å². The Morgan fingerprint density at radius 3 is 2.31 bits per heavy atom. The quantitative estimate of drug-likeness (QED) is 0.276. The normalized spacial score (nSPS) is 17.1. The molecule has 1 saturated heterocycles. The molecule has 1 heterocycles. The number of ketones is 1. The summed E-state index contributed by atoms with van der Waals surface area (Å²) in [6, 6.07) is 10.7. The van der Waals surface area contributed by atoms with Crippen LogP contribution in [0.4, 0.5) is 4.39 Å². The Labute approximate surface area is 212 Å². The van der Waals surface area contributed by atoms with E-state index < -0.39 is 23.5 Å². The number of aryl methyl sites for hydroxylation is 1. The van der Waals surface area contributed by atoms with Gasteiger partial charge in [-0.2, -0.15) is 0 Å². The van der Waals surface area contributed by atoms with Gasteiger partial charge in [0.2, 0.25) is 0 Å². The number of Topliss-reactive ketones (excluding diaryl/α,β-unsaturated/α-hetero) is 1. The summed E-state index contributed by atoms with van der Waals surface area (Å²) < 4.78 is 19.9. The number of rotatable bonds is 10. The highest BCUT2D eigenvalue weighted by Crippen LogP contribution is 2.39. The van der Waals surface area contributed by atoms with Crippen LogP contribution in [0.2, 0.25) is 0 Å². The van der Waals surface area contributed by atoms with Gasteiger partial charge in [-0.15, -0.1) is 12.4 Å². The average Bonchev–Trinajstić information content (AvgIpc) is 3.10.